The van der Waals surface area contributed by atoms with Crippen LogP contribution in [0, 0.1) is 17.3 Å². The number of nitrogens with zero attached hydrogens (tertiary/aromatic N) is 1. The van der Waals surface area contributed by atoms with E-state index in [9.17, 15) is 4.79 Å². The van der Waals surface area contributed by atoms with Crippen LogP contribution in [0.5, 0.6) is 0 Å². The molecule has 0 aliphatic carbocycles. The predicted molar refractivity (Wildman–Crippen MR) is 85.8 cm³/mol. The lowest BCUT2D eigenvalue weighted by Crippen LogP contribution is -2.25. The van der Waals surface area contributed by atoms with Crippen molar-refractivity contribution in [3.05, 3.63) is 66.0 Å². The highest BCUT2D eigenvalue weighted by atomic mass is 16.5. The van der Waals surface area contributed by atoms with E-state index in [4.69, 9.17) is 4.74 Å². The second-order valence-corrected chi connectivity index (χ2v) is 5.93. The number of benzene rings is 1. The number of carbonyl (C=O) groups excluding carboxylic acids is 1. The van der Waals surface area contributed by atoms with Crippen LogP contribution in [0.2, 0.25) is 0 Å². The molecule has 22 heavy (non-hydrogen) atoms. The highest BCUT2D eigenvalue weighted by Crippen LogP contribution is 2.22. The van der Waals surface area contributed by atoms with Gasteiger partial charge in [0.1, 0.15) is 0 Å². The van der Waals surface area contributed by atoms with E-state index in [0.29, 0.717) is 5.69 Å². The van der Waals surface area contributed by atoms with Crippen LogP contribution in [-0.2, 0) is 9.53 Å². The van der Waals surface area contributed by atoms with E-state index < -0.39 is 11.5 Å². The molecule has 0 saturated heterocycles. The van der Waals surface area contributed by atoms with Crippen molar-refractivity contribution in [1.29, 1.82) is 0 Å². The van der Waals surface area contributed by atoms with E-state index in [0.717, 1.165) is 5.56 Å². The summed E-state index contributed by atoms with van der Waals surface area (Å²) in [5, 5.41) is 0. The third-order valence-corrected chi connectivity index (χ3v) is 2.92. The number of hydrogen-bond acceptors (Lipinski definition) is 3. The van der Waals surface area contributed by atoms with Gasteiger partial charge in [0.05, 0.1) is 11.1 Å². The summed E-state index contributed by atoms with van der Waals surface area (Å²) in [4.78, 5) is 16.4. The summed E-state index contributed by atoms with van der Waals surface area (Å²) >= 11 is 0. The van der Waals surface area contributed by atoms with Crippen molar-refractivity contribution in [2.45, 2.75) is 26.9 Å². The van der Waals surface area contributed by atoms with Crippen molar-refractivity contribution < 1.29 is 9.53 Å². The maximum absolute atomic E-state index is 12.1. The molecule has 0 spiro atoms. The largest absolute Gasteiger partial charge is 0.442 e. The van der Waals surface area contributed by atoms with Crippen LogP contribution in [0.25, 0.3) is 0 Å². The summed E-state index contributed by atoms with van der Waals surface area (Å²) in [5.74, 6) is 5.73. The van der Waals surface area contributed by atoms with Gasteiger partial charge in [-0.15, -0.1) is 0 Å². The van der Waals surface area contributed by atoms with E-state index in [1.54, 1.807) is 12.3 Å². The van der Waals surface area contributed by atoms with Gasteiger partial charge < -0.3 is 4.74 Å². The number of pyridine rings is 1. The monoisotopic (exact) mass is 293 g/mol. The second kappa shape index (κ2) is 6.91. The zero-order valence-electron chi connectivity index (χ0n) is 13.0. The van der Waals surface area contributed by atoms with Gasteiger partial charge in [0, 0.05) is 11.8 Å². The fourth-order valence-corrected chi connectivity index (χ4v) is 1.65. The van der Waals surface area contributed by atoms with E-state index in [1.165, 1.54) is 0 Å². The third-order valence-electron chi connectivity index (χ3n) is 2.92. The molecule has 3 nitrogen and oxygen atoms in total. The highest BCUT2D eigenvalue weighted by Gasteiger charge is 2.26. The molecule has 0 N–H and O–H groups in total. The first-order valence-electron chi connectivity index (χ1n) is 7.15. The average molecular weight is 293 g/mol. The van der Waals surface area contributed by atoms with Crippen LogP contribution in [0.4, 0.5) is 0 Å². The Morgan fingerprint density at radius 2 is 1.77 bits per heavy atom. The first-order valence-corrected chi connectivity index (χ1v) is 7.15. The van der Waals surface area contributed by atoms with Crippen LogP contribution >= 0.6 is 0 Å². The lowest BCUT2D eigenvalue weighted by atomic mass is 9.97. The molecule has 2 aromatic rings. The molecule has 112 valence electrons. The topological polar surface area (TPSA) is 39.2 Å². The summed E-state index contributed by atoms with van der Waals surface area (Å²) in [6.45, 7) is 5.44. The molecule has 0 bridgehead atoms. The fraction of sp³-hybridized carbons (Fsp3) is 0.263. The first-order chi connectivity index (χ1) is 10.5. The summed E-state index contributed by atoms with van der Waals surface area (Å²) in [7, 11) is 0. The Bertz CT molecular complexity index is 676. The summed E-state index contributed by atoms with van der Waals surface area (Å²) < 4.78 is 5.55. The van der Waals surface area contributed by atoms with E-state index in [2.05, 4.69) is 16.8 Å². The van der Waals surface area contributed by atoms with Crippen molar-refractivity contribution >= 4 is 5.97 Å². The zero-order chi connectivity index (χ0) is 16.0. The molecule has 1 heterocycles. The quantitative estimate of drug-likeness (QED) is 0.625. The average Bonchev–Trinajstić information content (AvgIpc) is 2.52. The number of rotatable bonds is 2. The molecule has 0 saturated carbocycles. The lowest BCUT2D eigenvalue weighted by molar-refractivity contribution is -0.156. The summed E-state index contributed by atoms with van der Waals surface area (Å²) in [5.41, 5.74) is 0.917. The van der Waals surface area contributed by atoms with Crippen molar-refractivity contribution in [1.82, 2.24) is 4.98 Å². The van der Waals surface area contributed by atoms with Crippen molar-refractivity contribution in [3.63, 3.8) is 0 Å². The minimum Gasteiger partial charge on any atom is -0.442 e. The van der Waals surface area contributed by atoms with Crippen LogP contribution in [-0.4, -0.2) is 11.0 Å². The van der Waals surface area contributed by atoms with Crippen LogP contribution in [0.15, 0.2) is 54.7 Å². The summed E-state index contributed by atoms with van der Waals surface area (Å²) in [6, 6.07) is 15.1. The van der Waals surface area contributed by atoms with E-state index in [1.807, 2.05) is 63.2 Å². The van der Waals surface area contributed by atoms with Gasteiger partial charge in [-0.05, 0) is 51.0 Å². The maximum atomic E-state index is 12.1. The highest BCUT2D eigenvalue weighted by molar-refractivity contribution is 5.75. The maximum Gasteiger partial charge on any atom is 0.312 e. The van der Waals surface area contributed by atoms with Gasteiger partial charge in [0.25, 0.3) is 0 Å². The molecule has 3 heteroatoms. The first kappa shape index (κ1) is 15.8. The number of carbonyl (C=O) groups is 1. The molecule has 1 aromatic heterocycles. The van der Waals surface area contributed by atoms with E-state index in [-0.39, 0.29) is 5.97 Å². The summed E-state index contributed by atoms with van der Waals surface area (Å²) in [6.07, 6.45) is 0.991. The molecule has 0 aliphatic heterocycles. The van der Waals surface area contributed by atoms with Crippen molar-refractivity contribution in [2.75, 3.05) is 0 Å². The second-order valence-electron chi connectivity index (χ2n) is 5.93. The van der Waals surface area contributed by atoms with Gasteiger partial charge in [-0.1, -0.05) is 30.2 Å². The normalized spacial score (nSPS) is 12.0. The minimum absolute atomic E-state index is 0.300. The number of esters is 1. The smallest absolute Gasteiger partial charge is 0.312 e. The van der Waals surface area contributed by atoms with Crippen LogP contribution < -0.4 is 0 Å². The van der Waals surface area contributed by atoms with Gasteiger partial charge in [0.15, 0.2) is 0 Å². The molecule has 2 rings (SSSR count). The standard InChI is InChI=1S/C19H19NO2/c1-19(2,3)18(21)22-17(16-11-7-8-14-20-16)13-12-15-9-5-4-6-10-15/h4-11,14,17H,1-3H3. The fourth-order valence-electron chi connectivity index (χ4n) is 1.65. The Labute approximate surface area is 131 Å². The molecule has 1 aromatic carbocycles. The van der Waals surface area contributed by atoms with Gasteiger partial charge in [-0.3, -0.25) is 9.78 Å². The van der Waals surface area contributed by atoms with E-state index >= 15 is 0 Å². The Kier molecular flexibility index (Phi) is 4.95. The van der Waals surface area contributed by atoms with Crippen molar-refractivity contribution in [2.24, 2.45) is 5.41 Å². The molecule has 1 atom stereocenters. The number of hydrogen-bond donors (Lipinski definition) is 0. The molecule has 0 aliphatic rings. The Hall–Kier alpha value is -2.60. The third kappa shape index (κ3) is 4.46. The van der Waals surface area contributed by atoms with Gasteiger partial charge >= 0.3 is 5.97 Å². The predicted octanol–water partition coefficient (Wildman–Crippen LogP) is 3.76. The lowest BCUT2D eigenvalue weighted by Gasteiger charge is -2.20. The zero-order valence-corrected chi connectivity index (χ0v) is 13.0. The van der Waals surface area contributed by atoms with Gasteiger partial charge in [-0.2, -0.15) is 0 Å². The minimum atomic E-state index is -0.673. The van der Waals surface area contributed by atoms with Crippen LogP contribution in [0.3, 0.4) is 0 Å². The van der Waals surface area contributed by atoms with Crippen molar-refractivity contribution in [3.8, 4) is 11.8 Å². The molecular formula is C19H19NO2. The molecule has 0 fully saturated rings. The Morgan fingerprint density at radius 1 is 1.09 bits per heavy atom. The SMILES string of the molecule is CC(C)(C)C(=O)OC(C#Cc1ccccc1)c1ccccn1. The molecular weight excluding hydrogens is 274 g/mol. The molecule has 0 amide bonds. The van der Waals surface area contributed by atoms with Gasteiger partial charge in [-0.25, -0.2) is 0 Å². The molecule has 1 unspecified atom stereocenters. The Balaban J connectivity index is 2.27. The van der Waals surface area contributed by atoms with Crippen LogP contribution in [0.1, 0.15) is 38.1 Å². The Morgan fingerprint density at radius 3 is 2.36 bits per heavy atom. The molecule has 0 radical (unpaired) electrons. The van der Waals surface area contributed by atoms with Gasteiger partial charge in [0.2, 0.25) is 6.10 Å². The number of ether oxygens (including phenoxy) is 1. The number of aromatic nitrogens is 1.